The number of anilines is 1. The van der Waals surface area contributed by atoms with Crippen LogP contribution in [-0.2, 0) is 0 Å². The van der Waals surface area contributed by atoms with Crippen LogP contribution < -0.4 is 5.32 Å². The third-order valence-electron chi connectivity index (χ3n) is 3.72. The Kier molecular flexibility index (Phi) is 3.92. The lowest BCUT2D eigenvalue weighted by atomic mass is 10.1. The summed E-state index contributed by atoms with van der Waals surface area (Å²) in [5, 5.41) is 7.65. The van der Waals surface area contributed by atoms with Gasteiger partial charge in [0.2, 0.25) is 0 Å². The highest BCUT2D eigenvalue weighted by Crippen LogP contribution is 2.16. The lowest BCUT2D eigenvalue weighted by molar-refractivity contribution is 0.348. The zero-order chi connectivity index (χ0) is 13.8. The first-order valence-electron chi connectivity index (χ1n) is 7.07. The normalized spacial score (nSPS) is 20.6. The Morgan fingerprint density at radius 1 is 1.25 bits per heavy atom. The lowest BCUT2D eigenvalue weighted by Gasteiger charge is -2.18. The van der Waals surface area contributed by atoms with Gasteiger partial charge in [-0.25, -0.2) is 14.6 Å². The van der Waals surface area contributed by atoms with E-state index in [1.165, 1.54) is 32.1 Å². The molecule has 0 spiro atoms. The van der Waals surface area contributed by atoms with Crippen molar-refractivity contribution in [1.82, 2.24) is 24.6 Å². The fraction of sp³-hybridized carbons (Fsp3) is 0.500. The molecule has 1 N–H and O–H groups in total. The summed E-state index contributed by atoms with van der Waals surface area (Å²) in [6, 6.07) is 4.55. The van der Waals surface area contributed by atoms with Crippen LogP contribution in [0.25, 0.3) is 5.82 Å². The maximum atomic E-state index is 4.41. The predicted octanol–water partition coefficient (Wildman–Crippen LogP) is 1.56. The SMILES string of the molecule is CN1CCCC(Nc2ccc(-n3cncn3)nc2)CC1. The molecule has 3 heterocycles. The first-order chi connectivity index (χ1) is 9.81. The first-order valence-corrected chi connectivity index (χ1v) is 7.07. The molecule has 0 bridgehead atoms. The minimum Gasteiger partial charge on any atom is -0.381 e. The van der Waals surface area contributed by atoms with Crippen LogP contribution in [0.4, 0.5) is 5.69 Å². The largest absolute Gasteiger partial charge is 0.381 e. The van der Waals surface area contributed by atoms with Crippen LogP contribution in [0.15, 0.2) is 31.0 Å². The van der Waals surface area contributed by atoms with Gasteiger partial charge in [0.25, 0.3) is 0 Å². The second kappa shape index (κ2) is 6.00. The second-order valence-corrected chi connectivity index (χ2v) is 5.32. The van der Waals surface area contributed by atoms with Gasteiger partial charge in [0.05, 0.1) is 11.9 Å². The molecular formula is C14H20N6. The van der Waals surface area contributed by atoms with E-state index in [4.69, 9.17) is 0 Å². The number of aromatic nitrogens is 4. The first kappa shape index (κ1) is 13.1. The Balaban J connectivity index is 1.63. The maximum absolute atomic E-state index is 4.41. The van der Waals surface area contributed by atoms with Crippen LogP contribution in [0.3, 0.4) is 0 Å². The summed E-state index contributed by atoms with van der Waals surface area (Å²) in [6.45, 7) is 2.35. The molecule has 6 heteroatoms. The molecule has 20 heavy (non-hydrogen) atoms. The topological polar surface area (TPSA) is 58.9 Å². The van der Waals surface area contributed by atoms with Crippen LogP contribution >= 0.6 is 0 Å². The summed E-state index contributed by atoms with van der Waals surface area (Å²) >= 11 is 0. The lowest BCUT2D eigenvalue weighted by Crippen LogP contribution is -2.23. The van der Waals surface area contributed by atoms with Gasteiger partial charge in [0.15, 0.2) is 5.82 Å². The van der Waals surface area contributed by atoms with E-state index >= 15 is 0 Å². The average molecular weight is 272 g/mol. The Bertz CT molecular complexity index is 521. The molecule has 1 atom stereocenters. The molecule has 2 aromatic heterocycles. The van der Waals surface area contributed by atoms with Crippen molar-refractivity contribution in [3.8, 4) is 5.82 Å². The monoisotopic (exact) mass is 272 g/mol. The molecule has 3 rings (SSSR count). The van der Waals surface area contributed by atoms with Gasteiger partial charge in [-0.1, -0.05) is 0 Å². The van der Waals surface area contributed by atoms with Gasteiger partial charge in [0, 0.05) is 6.04 Å². The minimum absolute atomic E-state index is 0.541. The Morgan fingerprint density at radius 2 is 2.20 bits per heavy atom. The van der Waals surface area contributed by atoms with Gasteiger partial charge >= 0.3 is 0 Å². The minimum atomic E-state index is 0.541. The molecule has 0 aromatic carbocycles. The summed E-state index contributed by atoms with van der Waals surface area (Å²) in [7, 11) is 2.19. The van der Waals surface area contributed by atoms with Gasteiger partial charge in [-0.2, -0.15) is 5.10 Å². The number of hydrogen-bond donors (Lipinski definition) is 1. The van der Waals surface area contributed by atoms with Gasteiger partial charge < -0.3 is 10.2 Å². The zero-order valence-corrected chi connectivity index (χ0v) is 11.7. The van der Waals surface area contributed by atoms with Crippen LogP contribution in [0, 0.1) is 0 Å². The number of likely N-dealkylation sites (tertiary alicyclic amines) is 1. The number of rotatable bonds is 3. The number of nitrogens with zero attached hydrogens (tertiary/aromatic N) is 5. The van der Waals surface area contributed by atoms with Gasteiger partial charge in [-0.3, -0.25) is 0 Å². The van der Waals surface area contributed by atoms with Gasteiger partial charge in [0.1, 0.15) is 12.7 Å². The molecule has 0 saturated carbocycles. The van der Waals surface area contributed by atoms with Crippen molar-refractivity contribution in [2.45, 2.75) is 25.3 Å². The zero-order valence-electron chi connectivity index (χ0n) is 11.7. The highest BCUT2D eigenvalue weighted by atomic mass is 15.3. The van der Waals surface area contributed by atoms with E-state index in [1.807, 2.05) is 12.3 Å². The standard InChI is InChI=1S/C14H20N6/c1-19-7-2-3-12(6-8-19)18-13-4-5-14(16-9-13)20-11-15-10-17-20/h4-5,9-12,18H,2-3,6-8H2,1H3. The summed E-state index contributed by atoms with van der Waals surface area (Å²) in [5.41, 5.74) is 1.07. The van der Waals surface area contributed by atoms with E-state index in [2.05, 4.69) is 38.4 Å². The molecular weight excluding hydrogens is 252 g/mol. The summed E-state index contributed by atoms with van der Waals surface area (Å²) in [5.74, 6) is 0.786. The molecule has 106 valence electrons. The second-order valence-electron chi connectivity index (χ2n) is 5.32. The average Bonchev–Trinajstić information content (AvgIpc) is 2.92. The fourth-order valence-corrected chi connectivity index (χ4v) is 2.55. The van der Waals surface area contributed by atoms with E-state index < -0.39 is 0 Å². The fourth-order valence-electron chi connectivity index (χ4n) is 2.55. The third-order valence-corrected chi connectivity index (χ3v) is 3.72. The van der Waals surface area contributed by atoms with E-state index in [9.17, 15) is 0 Å². The molecule has 6 nitrogen and oxygen atoms in total. The molecule has 1 fully saturated rings. The highest BCUT2D eigenvalue weighted by molar-refractivity contribution is 5.44. The smallest absolute Gasteiger partial charge is 0.155 e. The van der Waals surface area contributed by atoms with E-state index in [-0.39, 0.29) is 0 Å². The molecule has 0 radical (unpaired) electrons. The van der Waals surface area contributed by atoms with Crippen LogP contribution in [0.1, 0.15) is 19.3 Å². The van der Waals surface area contributed by atoms with Crippen molar-refractivity contribution < 1.29 is 0 Å². The number of hydrogen-bond acceptors (Lipinski definition) is 5. The Hall–Kier alpha value is -1.95. The van der Waals surface area contributed by atoms with Crippen LogP contribution in [0.2, 0.25) is 0 Å². The van der Waals surface area contributed by atoms with Crippen molar-refractivity contribution >= 4 is 5.69 Å². The third kappa shape index (κ3) is 3.14. The van der Waals surface area contributed by atoms with Crippen LogP contribution in [0.5, 0.6) is 0 Å². The molecule has 1 saturated heterocycles. The van der Waals surface area contributed by atoms with E-state index in [0.29, 0.717) is 6.04 Å². The molecule has 2 aromatic rings. The van der Waals surface area contributed by atoms with E-state index in [0.717, 1.165) is 18.1 Å². The predicted molar refractivity (Wildman–Crippen MR) is 77.9 cm³/mol. The van der Waals surface area contributed by atoms with Crippen molar-refractivity contribution in [2.75, 3.05) is 25.5 Å². The van der Waals surface area contributed by atoms with Crippen molar-refractivity contribution in [3.05, 3.63) is 31.0 Å². The highest BCUT2D eigenvalue weighted by Gasteiger charge is 2.14. The maximum Gasteiger partial charge on any atom is 0.155 e. The molecule has 1 aliphatic rings. The Labute approximate surface area is 118 Å². The summed E-state index contributed by atoms with van der Waals surface area (Å²) in [4.78, 5) is 10.7. The molecule has 1 aliphatic heterocycles. The molecule has 0 aliphatic carbocycles. The number of pyridine rings is 1. The Morgan fingerprint density at radius 3 is 2.95 bits per heavy atom. The summed E-state index contributed by atoms with van der Waals surface area (Å²) < 4.78 is 1.66. The van der Waals surface area contributed by atoms with Gasteiger partial charge in [-0.05, 0) is 51.5 Å². The van der Waals surface area contributed by atoms with Gasteiger partial charge in [-0.15, -0.1) is 0 Å². The number of nitrogens with one attached hydrogen (secondary N) is 1. The molecule has 0 amide bonds. The summed E-state index contributed by atoms with van der Waals surface area (Å²) in [6.07, 6.45) is 8.67. The van der Waals surface area contributed by atoms with Crippen LogP contribution in [-0.4, -0.2) is 50.8 Å². The van der Waals surface area contributed by atoms with Crippen molar-refractivity contribution in [1.29, 1.82) is 0 Å². The van der Waals surface area contributed by atoms with Crippen molar-refractivity contribution in [3.63, 3.8) is 0 Å². The van der Waals surface area contributed by atoms with Crippen molar-refractivity contribution in [2.24, 2.45) is 0 Å². The quantitative estimate of drug-likeness (QED) is 0.919. The molecule has 1 unspecified atom stereocenters. The van der Waals surface area contributed by atoms with E-state index in [1.54, 1.807) is 11.0 Å².